The fraction of sp³-hybridized carbons (Fsp3) is 0.737. The van der Waals surface area contributed by atoms with Crippen molar-refractivity contribution >= 4 is 23.2 Å². The lowest BCUT2D eigenvalue weighted by Crippen LogP contribution is -2.51. The highest BCUT2D eigenvalue weighted by atomic mass is 32.1. The summed E-state index contributed by atoms with van der Waals surface area (Å²) in [5.41, 5.74) is 6.30. The lowest BCUT2D eigenvalue weighted by atomic mass is 9.93. The number of ether oxygens (including phenoxy) is 1. The smallest absolute Gasteiger partial charge is 0.357 e. The van der Waals surface area contributed by atoms with Gasteiger partial charge < -0.3 is 20.5 Å². The summed E-state index contributed by atoms with van der Waals surface area (Å²) < 4.78 is 4.93. The molecule has 154 valence electrons. The van der Waals surface area contributed by atoms with Gasteiger partial charge in [0.25, 0.3) is 0 Å². The van der Waals surface area contributed by atoms with E-state index in [0.29, 0.717) is 11.4 Å². The van der Waals surface area contributed by atoms with Gasteiger partial charge in [0.1, 0.15) is 11.1 Å². The largest absolute Gasteiger partial charge is 0.461 e. The molecule has 7 nitrogen and oxygen atoms in total. The highest BCUT2D eigenvalue weighted by Gasteiger charge is 2.31. The molecule has 1 aromatic rings. The second-order valence-electron chi connectivity index (χ2n) is 7.21. The number of carbonyl (C=O) groups excluding carboxylic acids is 2. The van der Waals surface area contributed by atoms with Crippen LogP contribution in [0.15, 0.2) is 5.38 Å². The Hall–Kier alpha value is -1.51. The quantitative estimate of drug-likeness (QED) is 0.586. The number of likely N-dealkylation sites (N-methyl/N-ethyl adjacent to an activating group) is 1. The van der Waals surface area contributed by atoms with Crippen LogP contribution in [0.4, 0.5) is 0 Å². The summed E-state index contributed by atoms with van der Waals surface area (Å²) >= 11 is 1.21. The van der Waals surface area contributed by atoms with Crippen LogP contribution in [0, 0.1) is 11.8 Å². The predicted molar refractivity (Wildman–Crippen MR) is 106 cm³/mol. The van der Waals surface area contributed by atoms with Crippen LogP contribution in [0.2, 0.25) is 0 Å². The summed E-state index contributed by atoms with van der Waals surface area (Å²) in [6.45, 7) is 9.97. The van der Waals surface area contributed by atoms with Gasteiger partial charge in [-0.25, -0.2) is 9.78 Å². The Labute approximate surface area is 165 Å². The maximum atomic E-state index is 12.7. The Morgan fingerprint density at radius 3 is 2.48 bits per heavy atom. The van der Waals surface area contributed by atoms with E-state index in [0.717, 1.165) is 6.42 Å². The van der Waals surface area contributed by atoms with Gasteiger partial charge in [-0.1, -0.05) is 34.1 Å². The van der Waals surface area contributed by atoms with Gasteiger partial charge in [-0.2, -0.15) is 0 Å². The molecule has 0 aliphatic heterocycles. The number of thiazole rings is 1. The molecule has 4 atom stereocenters. The van der Waals surface area contributed by atoms with Gasteiger partial charge in [-0.15, -0.1) is 11.3 Å². The first kappa shape index (κ1) is 23.5. The average Bonchev–Trinajstić information content (AvgIpc) is 3.13. The normalized spacial score (nSPS) is 15.9. The number of hydrogen-bond donors (Lipinski definition) is 2. The first-order valence-corrected chi connectivity index (χ1v) is 10.3. The SMILES string of the molecule is CCOC(=O)c1csc([C@H](O)C[C@H](C(C)C)N(C)C(=O)[C@@H](N)[C@@H](C)CC)n1. The molecule has 0 aliphatic carbocycles. The van der Waals surface area contributed by atoms with E-state index in [2.05, 4.69) is 4.98 Å². The van der Waals surface area contributed by atoms with Crippen molar-refractivity contribution in [2.45, 2.75) is 65.6 Å². The van der Waals surface area contributed by atoms with Crippen molar-refractivity contribution in [2.75, 3.05) is 13.7 Å². The summed E-state index contributed by atoms with van der Waals surface area (Å²) in [7, 11) is 1.73. The number of carbonyl (C=O) groups is 2. The number of hydrogen-bond acceptors (Lipinski definition) is 7. The van der Waals surface area contributed by atoms with Gasteiger partial charge >= 0.3 is 5.97 Å². The third-order valence-electron chi connectivity index (χ3n) is 4.91. The Kier molecular flexibility index (Phi) is 9.35. The highest BCUT2D eigenvalue weighted by molar-refractivity contribution is 7.09. The van der Waals surface area contributed by atoms with Crippen LogP contribution in [0.1, 0.15) is 69.1 Å². The van der Waals surface area contributed by atoms with Gasteiger partial charge in [0, 0.05) is 24.9 Å². The molecule has 1 rings (SSSR count). The Morgan fingerprint density at radius 1 is 1.33 bits per heavy atom. The molecule has 8 heteroatoms. The standard InChI is InChI=1S/C19H33N3O4S/c1-7-12(5)16(20)18(24)22(6)14(11(3)4)9-15(23)17-21-13(10-27-17)19(25)26-8-2/h10-12,14-16,23H,7-9,20H2,1-6H3/t12-,14+,15+,16-/m0/s1. The molecule has 0 radical (unpaired) electrons. The topological polar surface area (TPSA) is 106 Å². The van der Waals surface area contributed by atoms with E-state index in [-0.39, 0.29) is 36.1 Å². The van der Waals surface area contributed by atoms with Crippen molar-refractivity contribution in [3.05, 3.63) is 16.1 Å². The minimum absolute atomic E-state index is 0.0868. The number of nitrogens with zero attached hydrogens (tertiary/aromatic N) is 2. The second kappa shape index (κ2) is 10.7. The van der Waals surface area contributed by atoms with Gasteiger partial charge in [-0.3, -0.25) is 4.79 Å². The van der Waals surface area contributed by atoms with Gasteiger partial charge in [0.2, 0.25) is 5.91 Å². The molecule has 0 fully saturated rings. The molecular formula is C19H33N3O4S. The van der Waals surface area contributed by atoms with E-state index in [4.69, 9.17) is 10.5 Å². The van der Waals surface area contributed by atoms with Crippen LogP contribution in [0.25, 0.3) is 0 Å². The van der Waals surface area contributed by atoms with Crippen molar-refractivity contribution in [3.8, 4) is 0 Å². The summed E-state index contributed by atoms with van der Waals surface area (Å²) in [6, 6.07) is -0.758. The van der Waals surface area contributed by atoms with E-state index in [1.54, 1.807) is 24.3 Å². The molecule has 27 heavy (non-hydrogen) atoms. The molecule has 0 spiro atoms. The van der Waals surface area contributed by atoms with Crippen molar-refractivity contribution < 1.29 is 19.4 Å². The van der Waals surface area contributed by atoms with Gasteiger partial charge in [0.15, 0.2) is 5.69 Å². The van der Waals surface area contributed by atoms with Gasteiger partial charge in [-0.05, 0) is 18.8 Å². The Bertz CT molecular complexity index is 620. The molecule has 1 amide bonds. The van der Waals surface area contributed by atoms with E-state index in [1.165, 1.54) is 11.3 Å². The molecule has 1 aromatic heterocycles. The zero-order valence-electron chi connectivity index (χ0n) is 17.1. The number of nitrogens with two attached hydrogens (primary N) is 1. The van der Waals surface area contributed by atoms with E-state index >= 15 is 0 Å². The average molecular weight is 400 g/mol. The van der Waals surface area contributed by atoms with Crippen LogP contribution in [0.5, 0.6) is 0 Å². The van der Waals surface area contributed by atoms with Crippen LogP contribution in [-0.4, -0.2) is 52.6 Å². The molecule has 0 saturated heterocycles. The summed E-state index contributed by atoms with van der Waals surface area (Å²) in [5, 5.41) is 12.6. The number of amides is 1. The van der Waals surface area contributed by atoms with Crippen molar-refractivity contribution in [2.24, 2.45) is 17.6 Å². The Balaban J connectivity index is 2.87. The zero-order valence-corrected chi connectivity index (χ0v) is 18.0. The van der Waals surface area contributed by atoms with Crippen LogP contribution >= 0.6 is 11.3 Å². The molecule has 3 N–H and O–H groups in total. The lowest BCUT2D eigenvalue weighted by Gasteiger charge is -2.35. The fourth-order valence-electron chi connectivity index (χ4n) is 2.84. The number of aromatic nitrogens is 1. The first-order chi connectivity index (χ1) is 12.6. The molecule has 1 heterocycles. The van der Waals surface area contributed by atoms with Crippen LogP contribution in [0.3, 0.4) is 0 Å². The number of esters is 1. The van der Waals surface area contributed by atoms with E-state index < -0.39 is 18.1 Å². The third-order valence-corrected chi connectivity index (χ3v) is 5.86. The number of aliphatic hydroxyl groups is 1. The molecule has 0 saturated carbocycles. The fourth-order valence-corrected chi connectivity index (χ4v) is 3.63. The van der Waals surface area contributed by atoms with Crippen molar-refractivity contribution in [3.63, 3.8) is 0 Å². The van der Waals surface area contributed by atoms with Crippen LogP contribution in [-0.2, 0) is 9.53 Å². The molecular weight excluding hydrogens is 366 g/mol. The molecule has 0 aliphatic rings. The van der Waals surface area contributed by atoms with Crippen molar-refractivity contribution in [1.29, 1.82) is 0 Å². The molecule has 0 bridgehead atoms. The minimum atomic E-state index is -0.874. The maximum Gasteiger partial charge on any atom is 0.357 e. The summed E-state index contributed by atoms with van der Waals surface area (Å²) in [4.78, 5) is 30.3. The highest BCUT2D eigenvalue weighted by Crippen LogP contribution is 2.27. The number of rotatable bonds is 10. The Morgan fingerprint density at radius 2 is 1.96 bits per heavy atom. The third kappa shape index (κ3) is 6.26. The van der Waals surface area contributed by atoms with E-state index in [9.17, 15) is 14.7 Å². The summed E-state index contributed by atoms with van der Waals surface area (Å²) in [6.07, 6.45) is 0.273. The maximum absolute atomic E-state index is 12.7. The first-order valence-electron chi connectivity index (χ1n) is 9.46. The van der Waals surface area contributed by atoms with E-state index in [1.807, 2.05) is 27.7 Å². The predicted octanol–water partition coefficient (Wildman–Crippen LogP) is 2.60. The van der Waals surface area contributed by atoms with Gasteiger partial charge in [0.05, 0.1) is 12.6 Å². The second-order valence-corrected chi connectivity index (χ2v) is 8.10. The molecule has 0 unspecified atom stereocenters. The zero-order chi connectivity index (χ0) is 20.7. The molecule has 0 aromatic carbocycles. The number of aliphatic hydroxyl groups excluding tert-OH is 1. The lowest BCUT2D eigenvalue weighted by molar-refractivity contribution is -0.136. The minimum Gasteiger partial charge on any atom is -0.461 e. The van der Waals surface area contributed by atoms with Crippen molar-refractivity contribution in [1.82, 2.24) is 9.88 Å². The monoisotopic (exact) mass is 399 g/mol. The van der Waals surface area contributed by atoms with Crippen LogP contribution < -0.4 is 5.73 Å². The summed E-state index contributed by atoms with van der Waals surface area (Å²) in [5.74, 6) is -0.410.